The lowest BCUT2D eigenvalue weighted by Gasteiger charge is -2.30. The van der Waals surface area contributed by atoms with Gasteiger partial charge in [-0.15, -0.1) is 0 Å². The molecule has 13 nitrogen and oxygen atoms in total. The molecule has 0 spiro atoms. The molecule has 0 bridgehead atoms. The van der Waals surface area contributed by atoms with Crippen molar-refractivity contribution in [3.8, 4) is 5.75 Å². The maximum Gasteiger partial charge on any atom is 0.295 e. The topological polar surface area (TPSA) is 210 Å². The minimum absolute atomic E-state index is 0.0362. The summed E-state index contributed by atoms with van der Waals surface area (Å²) in [6, 6.07) is 6.43. The van der Waals surface area contributed by atoms with Crippen molar-refractivity contribution in [2.75, 3.05) is 19.7 Å². The van der Waals surface area contributed by atoms with Crippen LogP contribution in [0.5, 0.6) is 5.75 Å². The van der Waals surface area contributed by atoms with Gasteiger partial charge in [-0.3, -0.25) is 23.2 Å². The van der Waals surface area contributed by atoms with Gasteiger partial charge in [0.05, 0.1) is 0 Å². The molecular formula is C27H29NO12S3. The third kappa shape index (κ3) is 6.16. The lowest BCUT2D eigenvalue weighted by Crippen LogP contribution is -2.42. The van der Waals surface area contributed by atoms with Gasteiger partial charge in [0, 0.05) is 57.4 Å². The highest BCUT2D eigenvalue weighted by Gasteiger charge is 2.29. The largest absolute Gasteiger partial charge is 0.483 e. The number of rotatable bonds is 7. The third-order valence-electron chi connectivity index (χ3n) is 7.35. The van der Waals surface area contributed by atoms with Crippen LogP contribution in [0.3, 0.4) is 0 Å². The van der Waals surface area contributed by atoms with E-state index in [1.54, 1.807) is 0 Å². The molecule has 5 rings (SSSR count). The van der Waals surface area contributed by atoms with Gasteiger partial charge in [0.15, 0.2) is 6.61 Å². The predicted molar refractivity (Wildman–Crippen MR) is 156 cm³/mol. The molecule has 4 aromatic carbocycles. The van der Waals surface area contributed by atoms with E-state index in [1.165, 1.54) is 30.0 Å². The fourth-order valence-electron chi connectivity index (χ4n) is 5.39. The molecule has 1 aliphatic rings. The number of benzene rings is 4. The Hall–Kier alpha value is -3.41. The van der Waals surface area contributed by atoms with Gasteiger partial charge in [-0.1, -0.05) is 32.0 Å². The van der Waals surface area contributed by atoms with E-state index >= 15 is 0 Å². The molecule has 1 fully saturated rings. The Morgan fingerprint density at radius 2 is 1.14 bits per heavy atom. The van der Waals surface area contributed by atoms with Gasteiger partial charge < -0.3 is 9.64 Å². The number of ketones is 1. The smallest absolute Gasteiger partial charge is 0.295 e. The monoisotopic (exact) mass is 655 g/mol. The van der Waals surface area contributed by atoms with Crippen LogP contribution in [0.1, 0.15) is 33.6 Å². The zero-order valence-electron chi connectivity index (χ0n) is 23.3. The van der Waals surface area contributed by atoms with Gasteiger partial charge in [-0.25, -0.2) is 0 Å². The number of carbonyl (C=O) groups is 2. The van der Waals surface area contributed by atoms with Crippen molar-refractivity contribution >= 4 is 74.4 Å². The van der Waals surface area contributed by atoms with Crippen molar-refractivity contribution in [2.24, 2.45) is 5.92 Å². The van der Waals surface area contributed by atoms with Crippen molar-refractivity contribution in [2.45, 2.75) is 48.3 Å². The summed E-state index contributed by atoms with van der Waals surface area (Å²) in [5.41, 5.74) is 0. The SMILES string of the molecule is CC.CC(=O)C1CCN(C(=O)COc2cc(S(=O)(=O)O)c3ccc4c(S(=O)(=O)O)cc(S(=O)(=O)O)c5ccc2c3c54)CC1. The molecule has 1 heterocycles. The van der Waals surface area contributed by atoms with Crippen LogP contribution >= 0.6 is 0 Å². The van der Waals surface area contributed by atoms with Crippen LogP contribution in [0.2, 0.25) is 0 Å². The molecule has 232 valence electrons. The Labute approximate surface area is 248 Å². The van der Waals surface area contributed by atoms with Crippen molar-refractivity contribution in [1.29, 1.82) is 0 Å². The number of Topliss-reactive ketones (excluding diaryl/α,β-unsaturated/α-hetero) is 1. The van der Waals surface area contributed by atoms with Gasteiger partial charge in [-0.05, 0) is 31.9 Å². The predicted octanol–water partition coefficient (Wildman–Crippen LogP) is 3.56. The second kappa shape index (κ2) is 11.6. The first kappa shape index (κ1) is 32.5. The van der Waals surface area contributed by atoms with Crippen molar-refractivity contribution in [3.05, 3.63) is 36.4 Å². The average molecular weight is 656 g/mol. The van der Waals surface area contributed by atoms with Gasteiger partial charge >= 0.3 is 0 Å². The lowest BCUT2D eigenvalue weighted by atomic mass is 9.93. The van der Waals surface area contributed by atoms with Crippen LogP contribution in [-0.2, 0) is 39.9 Å². The Kier molecular flexibility index (Phi) is 8.76. The Morgan fingerprint density at radius 1 is 0.744 bits per heavy atom. The Morgan fingerprint density at radius 3 is 1.56 bits per heavy atom. The van der Waals surface area contributed by atoms with E-state index in [0.29, 0.717) is 32.0 Å². The maximum atomic E-state index is 12.9. The normalized spacial score (nSPS) is 15.1. The number of hydrogen-bond acceptors (Lipinski definition) is 9. The highest BCUT2D eigenvalue weighted by atomic mass is 32.2. The van der Waals surface area contributed by atoms with E-state index in [1.807, 2.05) is 13.8 Å². The fourth-order valence-corrected chi connectivity index (χ4v) is 7.60. The summed E-state index contributed by atoms with van der Waals surface area (Å²) in [7, 11) is -15.0. The molecule has 1 saturated heterocycles. The summed E-state index contributed by atoms with van der Waals surface area (Å²) in [6.07, 6.45) is 0.970. The first-order valence-corrected chi connectivity index (χ1v) is 17.4. The summed E-state index contributed by atoms with van der Waals surface area (Å²) < 4.78 is 109. The zero-order valence-corrected chi connectivity index (χ0v) is 25.7. The molecule has 16 heteroatoms. The number of amides is 1. The summed E-state index contributed by atoms with van der Waals surface area (Å²) >= 11 is 0. The summed E-state index contributed by atoms with van der Waals surface area (Å²) in [6.45, 7) is 5.58. The lowest BCUT2D eigenvalue weighted by molar-refractivity contribution is -0.136. The summed E-state index contributed by atoms with van der Waals surface area (Å²) in [5.74, 6) is -0.755. The van der Waals surface area contributed by atoms with Crippen LogP contribution in [0.4, 0.5) is 0 Å². The van der Waals surface area contributed by atoms with E-state index in [-0.39, 0.29) is 49.8 Å². The molecule has 4 aromatic rings. The molecule has 43 heavy (non-hydrogen) atoms. The van der Waals surface area contributed by atoms with Crippen LogP contribution in [0, 0.1) is 5.92 Å². The minimum Gasteiger partial charge on any atom is -0.483 e. The molecule has 0 saturated carbocycles. The fraction of sp³-hybridized carbons (Fsp3) is 0.333. The van der Waals surface area contributed by atoms with Gasteiger partial charge in [0.1, 0.15) is 26.2 Å². The van der Waals surface area contributed by atoms with E-state index < -0.39 is 57.6 Å². The number of likely N-dealkylation sites (tertiary alicyclic amines) is 1. The Bertz CT molecular complexity index is 2030. The highest BCUT2D eigenvalue weighted by molar-refractivity contribution is 7.87. The molecule has 0 unspecified atom stereocenters. The standard InChI is InChI=1S/C25H23NO12S3.C2H6/c1-13(27)14-6-8-26(9-7-14)23(28)12-38-19-10-20(39(29,30)31)16-4-5-18-22(41(35,36)37)11-21(40(32,33)34)17-3-2-15(19)24(16)25(17)18;1-2/h2-5,10-11,14H,6-9,12H2,1H3,(H,29,30,31)(H,32,33,34)(H,35,36,37);1-2H3. The zero-order chi connectivity index (χ0) is 32.1. The second-order valence-electron chi connectivity index (χ2n) is 9.80. The van der Waals surface area contributed by atoms with Crippen molar-refractivity contribution in [3.63, 3.8) is 0 Å². The number of hydrogen-bond donors (Lipinski definition) is 3. The van der Waals surface area contributed by atoms with E-state index in [4.69, 9.17) is 4.74 Å². The number of carbonyl (C=O) groups excluding carboxylic acids is 2. The Balaban J connectivity index is 0.00000207. The maximum absolute atomic E-state index is 12.9. The molecule has 1 aliphatic heterocycles. The van der Waals surface area contributed by atoms with E-state index in [9.17, 15) is 48.5 Å². The van der Waals surface area contributed by atoms with Crippen LogP contribution in [0.25, 0.3) is 32.3 Å². The van der Waals surface area contributed by atoms with Crippen molar-refractivity contribution < 1.29 is 53.2 Å². The van der Waals surface area contributed by atoms with E-state index in [0.717, 1.165) is 12.1 Å². The summed E-state index contributed by atoms with van der Waals surface area (Å²) in [5, 5.41) is -0.626. The molecule has 0 aliphatic carbocycles. The van der Waals surface area contributed by atoms with Gasteiger partial charge in [0.25, 0.3) is 36.3 Å². The van der Waals surface area contributed by atoms with E-state index in [2.05, 4.69) is 0 Å². The molecular weight excluding hydrogens is 626 g/mol. The minimum atomic E-state index is -5.05. The quantitative estimate of drug-likeness (QED) is 0.193. The van der Waals surface area contributed by atoms with Crippen LogP contribution in [-0.4, -0.2) is 75.2 Å². The third-order valence-corrected chi connectivity index (χ3v) is 10.0. The molecule has 0 radical (unpaired) electrons. The molecule has 0 aromatic heterocycles. The van der Waals surface area contributed by atoms with Gasteiger partial charge in [-0.2, -0.15) is 25.3 Å². The molecule has 1 amide bonds. The first-order valence-electron chi connectivity index (χ1n) is 13.1. The highest BCUT2D eigenvalue weighted by Crippen LogP contribution is 2.45. The second-order valence-corrected chi connectivity index (χ2v) is 14.0. The number of piperidine rings is 1. The van der Waals surface area contributed by atoms with Gasteiger partial charge in [0.2, 0.25) is 0 Å². The number of ether oxygens (including phenoxy) is 1. The molecule has 0 atom stereocenters. The molecule has 3 N–H and O–H groups in total. The average Bonchev–Trinajstić information content (AvgIpc) is 2.93. The van der Waals surface area contributed by atoms with Crippen LogP contribution < -0.4 is 4.74 Å². The summed E-state index contributed by atoms with van der Waals surface area (Å²) in [4.78, 5) is 23.6. The van der Waals surface area contributed by atoms with Crippen molar-refractivity contribution in [1.82, 2.24) is 4.90 Å². The number of nitrogens with zero attached hydrogens (tertiary/aromatic N) is 1. The van der Waals surface area contributed by atoms with Crippen LogP contribution in [0.15, 0.2) is 51.1 Å². The first-order chi connectivity index (χ1) is 20.0.